The van der Waals surface area contributed by atoms with E-state index < -0.39 is 0 Å². The third kappa shape index (κ3) is 3.02. The van der Waals surface area contributed by atoms with Crippen LogP contribution in [0.1, 0.15) is 66.3 Å². The fraction of sp³-hybridized carbons (Fsp3) is 0.667. The molecule has 1 unspecified atom stereocenters. The predicted molar refractivity (Wildman–Crippen MR) is 86.0 cm³/mol. The molecule has 4 heteroatoms. The Morgan fingerprint density at radius 3 is 2.95 bits per heavy atom. The molecular formula is C18H26N2O2. The highest BCUT2D eigenvalue weighted by Gasteiger charge is 2.27. The Bertz CT molecular complexity index is 570. The molecule has 0 amide bonds. The number of carbonyl (C=O) groups is 1. The van der Waals surface area contributed by atoms with Crippen molar-refractivity contribution in [2.24, 2.45) is 5.92 Å². The first kappa shape index (κ1) is 15.5. The van der Waals surface area contributed by atoms with Crippen LogP contribution in [0.25, 0.3) is 0 Å². The number of carbonyl (C=O) groups excluding carboxylic acids is 1. The maximum atomic E-state index is 11.9. The lowest BCUT2D eigenvalue weighted by molar-refractivity contribution is 0.0593. The standard InChI is InChI=1S/C18H26N2O2/c1-12-5-4-8-20(10-12)11-14-9-16(18(21)22-3)19-17-13(2)6-7-15(14)17/h9,12-13H,4-8,10-11H2,1-3H3/t12-,13?/m0/s1. The van der Waals surface area contributed by atoms with E-state index in [2.05, 4.69) is 23.7 Å². The van der Waals surface area contributed by atoms with Crippen molar-refractivity contribution < 1.29 is 9.53 Å². The second-order valence-electron chi connectivity index (χ2n) is 6.94. The van der Waals surface area contributed by atoms with Crippen molar-refractivity contribution in [1.82, 2.24) is 9.88 Å². The first-order chi connectivity index (χ1) is 10.6. The van der Waals surface area contributed by atoms with Crippen molar-refractivity contribution in [2.75, 3.05) is 20.2 Å². The first-order valence-electron chi connectivity index (χ1n) is 8.41. The lowest BCUT2D eigenvalue weighted by atomic mass is 9.98. The second-order valence-corrected chi connectivity index (χ2v) is 6.94. The number of fused-ring (bicyclic) bond motifs is 1. The highest BCUT2D eigenvalue weighted by atomic mass is 16.5. The highest BCUT2D eigenvalue weighted by Crippen LogP contribution is 2.34. The van der Waals surface area contributed by atoms with Crippen LogP contribution in [0.5, 0.6) is 0 Å². The molecule has 2 heterocycles. The van der Waals surface area contributed by atoms with Gasteiger partial charge in [-0.1, -0.05) is 13.8 Å². The van der Waals surface area contributed by atoms with Crippen molar-refractivity contribution in [1.29, 1.82) is 0 Å². The summed E-state index contributed by atoms with van der Waals surface area (Å²) in [6, 6.07) is 1.96. The molecule has 1 aliphatic heterocycles. The van der Waals surface area contributed by atoms with Crippen LogP contribution in [0.4, 0.5) is 0 Å². The maximum Gasteiger partial charge on any atom is 0.356 e. The minimum absolute atomic E-state index is 0.324. The van der Waals surface area contributed by atoms with Gasteiger partial charge in [0.25, 0.3) is 0 Å². The van der Waals surface area contributed by atoms with E-state index >= 15 is 0 Å². The Balaban J connectivity index is 1.90. The number of nitrogens with zero attached hydrogens (tertiary/aromatic N) is 2. The quantitative estimate of drug-likeness (QED) is 0.804. The molecule has 22 heavy (non-hydrogen) atoms. The van der Waals surface area contributed by atoms with E-state index in [4.69, 9.17) is 4.74 Å². The largest absolute Gasteiger partial charge is 0.464 e. The van der Waals surface area contributed by atoms with Gasteiger partial charge in [0.1, 0.15) is 5.69 Å². The fourth-order valence-electron chi connectivity index (χ4n) is 3.86. The molecule has 0 saturated carbocycles. The zero-order valence-electron chi connectivity index (χ0n) is 13.9. The maximum absolute atomic E-state index is 11.9. The predicted octanol–water partition coefficient (Wildman–Crippen LogP) is 3.15. The summed E-state index contributed by atoms with van der Waals surface area (Å²) < 4.78 is 4.88. The van der Waals surface area contributed by atoms with E-state index in [1.807, 2.05) is 6.07 Å². The number of aromatic nitrogens is 1. The summed E-state index contributed by atoms with van der Waals surface area (Å²) in [5, 5.41) is 0. The Kier molecular flexibility index (Phi) is 4.48. The number of esters is 1. The number of rotatable bonds is 3. The van der Waals surface area contributed by atoms with Gasteiger partial charge in [0.15, 0.2) is 0 Å². The molecule has 0 radical (unpaired) electrons. The van der Waals surface area contributed by atoms with Gasteiger partial charge in [-0.3, -0.25) is 4.90 Å². The Labute approximate surface area is 132 Å². The van der Waals surface area contributed by atoms with Gasteiger partial charge in [-0.2, -0.15) is 0 Å². The van der Waals surface area contributed by atoms with E-state index in [0.29, 0.717) is 11.6 Å². The number of hydrogen-bond donors (Lipinski definition) is 0. The minimum atomic E-state index is -0.324. The number of ether oxygens (including phenoxy) is 1. The molecular weight excluding hydrogens is 276 g/mol. The van der Waals surface area contributed by atoms with Crippen molar-refractivity contribution in [3.05, 3.63) is 28.6 Å². The van der Waals surface area contributed by atoms with Gasteiger partial charge in [-0.15, -0.1) is 0 Å². The van der Waals surface area contributed by atoms with Gasteiger partial charge < -0.3 is 4.74 Å². The Hall–Kier alpha value is -1.42. The molecule has 2 aliphatic rings. The summed E-state index contributed by atoms with van der Waals surface area (Å²) in [6.45, 7) is 7.77. The molecule has 0 bridgehead atoms. The number of pyridine rings is 1. The molecule has 1 aromatic heterocycles. The smallest absolute Gasteiger partial charge is 0.356 e. The van der Waals surface area contributed by atoms with Crippen LogP contribution >= 0.6 is 0 Å². The first-order valence-corrected chi connectivity index (χ1v) is 8.41. The average Bonchev–Trinajstić information content (AvgIpc) is 2.88. The van der Waals surface area contributed by atoms with Gasteiger partial charge in [0.2, 0.25) is 0 Å². The average molecular weight is 302 g/mol. The summed E-state index contributed by atoms with van der Waals surface area (Å²) >= 11 is 0. The van der Waals surface area contributed by atoms with Gasteiger partial charge in [0.05, 0.1) is 7.11 Å². The summed E-state index contributed by atoms with van der Waals surface area (Å²) in [4.78, 5) is 19.0. The van der Waals surface area contributed by atoms with Crippen LogP contribution in [-0.4, -0.2) is 36.1 Å². The summed E-state index contributed by atoms with van der Waals surface area (Å²) in [5.74, 6) is 0.886. The van der Waals surface area contributed by atoms with E-state index in [1.54, 1.807) is 0 Å². The third-order valence-corrected chi connectivity index (χ3v) is 5.07. The molecule has 1 aromatic rings. The van der Waals surface area contributed by atoms with Crippen LogP contribution in [0.3, 0.4) is 0 Å². The van der Waals surface area contributed by atoms with Gasteiger partial charge in [-0.05, 0) is 61.3 Å². The molecule has 0 spiro atoms. The normalized spacial score (nSPS) is 25.0. The monoisotopic (exact) mass is 302 g/mol. The number of likely N-dealkylation sites (tertiary alicyclic amines) is 1. The number of methoxy groups -OCH3 is 1. The van der Waals surface area contributed by atoms with Crippen molar-refractivity contribution in [3.63, 3.8) is 0 Å². The molecule has 3 rings (SSSR count). The van der Waals surface area contributed by atoms with E-state index in [9.17, 15) is 4.79 Å². The number of piperidine rings is 1. The van der Waals surface area contributed by atoms with E-state index in [0.717, 1.165) is 44.1 Å². The van der Waals surface area contributed by atoms with Crippen LogP contribution in [0.15, 0.2) is 6.07 Å². The fourth-order valence-corrected chi connectivity index (χ4v) is 3.86. The zero-order valence-corrected chi connectivity index (χ0v) is 13.9. The van der Waals surface area contributed by atoms with Crippen molar-refractivity contribution in [2.45, 2.75) is 52.0 Å². The topological polar surface area (TPSA) is 42.4 Å². The second kappa shape index (κ2) is 6.37. The molecule has 1 fully saturated rings. The zero-order chi connectivity index (χ0) is 15.7. The molecule has 0 aromatic carbocycles. The molecule has 2 atom stereocenters. The van der Waals surface area contributed by atoms with Crippen LogP contribution < -0.4 is 0 Å². The molecule has 1 saturated heterocycles. The van der Waals surface area contributed by atoms with Crippen LogP contribution in [0, 0.1) is 5.92 Å². The van der Waals surface area contributed by atoms with Gasteiger partial charge >= 0.3 is 5.97 Å². The summed E-state index contributed by atoms with van der Waals surface area (Å²) in [7, 11) is 1.42. The van der Waals surface area contributed by atoms with Gasteiger partial charge in [0, 0.05) is 18.8 Å². The molecule has 1 aliphatic carbocycles. The van der Waals surface area contributed by atoms with E-state index in [1.165, 1.54) is 31.1 Å². The van der Waals surface area contributed by atoms with Crippen LogP contribution in [0.2, 0.25) is 0 Å². The number of hydrogen-bond acceptors (Lipinski definition) is 4. The van der Waals surface area contributed by atoms with Crippen LogP contribution in [-0.2, 0) is 17.7 Å². The molecule has 0 N–H and O–H groups in total. The Morgan fingerprint density at radius 1 is 1.41 bits per heavy atom. The van der Waals surface area contributed by atoms with E-state index in [-0.39, 0.29) is 5.97 Å². The van der Waals surface area contributed by atoms with Crippen molar-refractivity contribution in [3.8, 4) is 0 Å². The minimum Gasteiger partial charge on any atom is -0.464 e. The molecule has 4 nitrogen and oxygen atoms in total. The lowest BCUT2D eigenvalue weighted by Crippen LogP contribution is -2.34. The third-order valence-electron chi connectivity index (χ3n) is 5.07. The SMILES string of the molecule is COC(=O)c1cc(CN2CCC[C@H](C)C2)c2c(n1)C(C)CC2. The lowest BCUT2D eigenvalue weighted by Gasteiger charge is -2.31. The Morgan fingerprint density at radius 2 is 2.23 bits per heavy atom. The highest BCUT2D eigenvalue weighted by molar-refractivity contribution is 5.87. The van der Waals surface area contributed by atoms with Crippen molar-refractivity contribution >= 4 is 5.97 Å². The molecule has 120 valence electrons. The summed E-state index contributed by atoms with van der Waals surface area (Å²) in [5.41, 5.74) is 4.24. The summed E-state index contributed by atoms with van der Waals surface area (Å²) in [6.07, 6.45) is 4.82. The van der Waals surface area contributed by atoms with Gasteiger partial charge in [-0.25, -0.2) is 9.78 Å².